The third-order valence-corrected chi connectivity index (χ3v) is 5.87. The van der Waals surface area contributed by atoms with E-state index in [0.717, 1.165) is 23.8 Å². The zero-order chi connectivity index (χ0) is 11.2. The first-order valence-electron chi connectivity index (χ1n) is 7.83. The topological polar surface area (TPSA) is 23.3 Å². The van der Waals surface area contributed by atoms with E-state index >= 15 is 0 Å². The maximum atomic E-state index is 6.40. The quantitative estimate of drug-likeness (QED) is 0.652. The van der Waals surface area contributed by atoms with Gasteiger partial charge in [0.1, 0.15) is 0 Å². The SMILES string of the molecule is C1CCC2[O+]C3NC4CCCCC4C3CC2C1. The maximum absolute atomic E-state index is 6.40. The first kappa shape index (κ1) is 10.8. The highest BCUT2D eigenvalue weighted by Gasteiger charge is 2.56. The van der Waals surface area contributed by atoms with Crippen LogP contribution < -0.4 is 5.32 Å². The first-order chi connectivity index (χ1) is 8.42. The summed E-state index contributed by atoms with van der Waals surface area (Å²) in [7, 11) is 0. The van der Waals surface area contributed by atoms with E-state index in [9.17, 15) is 0 Å². The molecule has 95 valence electrons. The Bertz CT molecular complexity index is 291. The van der Waals surface area contributed by atoms with Crippen LogP contribution in [-0.2, 0) is 4.74 Å². The van der Waals surface area contributed by atoms with Crippen molar-refractivity contribution in [2.75, 3.05) is 0 Å². The standard InChI is InChI=1S/C15H25NO/c1-4-8-14-10(5-1)9-12-11-6-2-3-7-13(11)16-15(12)17-14/h10-16H,1-9H2/q+1. The molecule has 0 aromatic heterocycles. The Morgan fingerprint density at radius 1 is 0.824 bits per heavy atom. The molecule has 2 heterocycles. The molecular formula is C15H25NO+. The Kier molecular flexibility index (Phi) is 2.69. The van der Waals surface area contributed by atoms with Crippen LogP contribution in [0.4, 0.5) is 0 Å². The lowest BCUT2D eigenvalue weighted by molar-refractivity contribution is -0.131. The summed E-state index contributed by atoms with van der Waals surface area (Å²) in [4.78, 5) is 0. The van der Waals surface area contributed by atoms with E-state index in [1.54, 1.807) is 0 Å². The summed E-state index contributed by atoms with van der Waals surface area (Å²) in [5.74, 6) is 2.68. The Balaban J connectivity index is 1.52. The Hall–Kier alpha value is -0.0800. The Morgan fingerprint density at radius 3 is 2.65 bits per heavy atom. The van der Waals surface area contributed by atoms with Gasteiger partial charge in [-0.1, -0.05) is 19.3 Å². The second kappa shape index (κ2) is 4.24. The molecule has 2 saturated carbocycles. The monoisotopic (exact) mass is 235 g/mol. The number of fused-ring (bicyclic) bond motifs is 4. The summed E-state index contributed by atoms with van der Waals surface area (Å²) < 4.78 is 6.40. The van der Waals surface area contributed by atoms with Crippen molar-refractivity contribution in [2.45, 2.75) is 76.2 Å². The minimum Gasteiger partial charge on any atom is -0.240 e. The van der Waals surface area contributed by atoms with Gasteiger partial charge in [0.2, 0.25) is 6.10 Å². The highest BCUT2D eigenvalue weighted by Crippen LogP contribution is 2.47. The first-order valence-corrected chi connectivity index (χ1v) is 7.83. The number of hydrogen-bond acceptors (Lipinski definition) is 2. The minimum atomic E-state index is 0.419. The summed E-state index contributed by atoms with van der Waals surface area (Å²) in [5, 5.41) is 3.81. The van der Waals surface area contributed by atoms with Crippen molar-refractivity contribution >= 4 is 0 Å². The van der Waals surface area contributed by atoms with E-state index in [0.29, 0.717) is 12.3 Å². The summed E-state index contributed by atoms with van der Waals surface area (Å²) >= 11 is 0. The van der Waals surface area contributed by atoms with E-state index in [1.165, 1.54) is 57.8 Å². The average Bonchev–Trinajstić information content (AvgIpc) is 2.73. The molecule has 0 aromatic rings. The molecule has 0 aromatic carbocycles. The van der Waals surface area contributed by atoms with E-state index < -0.39 is 0 Å². The Labute approximate surface area is 104 Å². The molecular weight excluding hydrogens is 210 g/mol. The number of rotatable bonds is 0. The third kappa shape index (κ3) is 1.76. The van der Waals surface area contributed by atoms with Gasteiger partial charge >= 0.3 is 0 Å². The zero-order valence-corrected chi connectivity index (χ0v) is 10.7. The van der Waals surface area contributed by atoms with Crippen molar-refractivity contribution in [3.63, 3.8) is 0 Å². The van der Waals surface area contributed by atoms with Gasteiger partial charge in [0.05, 0.1) is 5.92 Å². The van der Waals surface area contributed by atoms with Gasteiger partial charge in [-0.15, -0.1) is 4.74 Å². The number of nitrogens with one attached hydrogen (secondary N) is 1. The molecule has 1 radical (unpaired) electrons. The molecule has 2 aliphatic carbocycles. The second-order valence-electron chi connectivity index (χ2n) is 6.76. The highest BCUT2D eigenvalue weighted by molar-refractivity contribution is 5.00. The van der Waals surface area contributed by atoms with Crippen molar-refractivity contribution in [1.29, 1.82) is 0 Å². The third-order valence-electron chi connectivity index (χ3n) is 5.87. The van der Waals surface area contributed by atoms with Gasteiger partial charge in [0.25, 0.3) is 6.23 Å². The fourth-order valence-corrected chi connectivity index (χ4v) is 5.04. The molecule has 4 aliphatic rings. The van der Waals surface area contributed by atoms with Gasteiger partial charge in [0, 0.05) is 18.4 Å². The zero-order valence-electron chi connectivity index (χ0n) is 10.7. The summed E-state index contributed by atoms with van der Waals surface area (Å²) in [6.07, 6.45) is 13.8. The lowest BCUT2D eigenvalue weighted by Gasteiger charge is -2.34. The van der Waals surface area contributed by atoms with Crippen molar-refractivity contribution < 1.29 is 4.74 Å². The Morgan fingerprint density at radius 2 is 1.65 bits per heavy atom. The van der Waals surface area contributed by atoms with E-state index in [2.05, 4.69) is 5.32 Å². The summed E-state index contributed by atoms with van der Waals surface area (Å²) in [6.45, 7) is 0. The highest BCUT2D eigenvalue weighted by atomic mass is 16.5. The molecule has 6 unspecified atom stereocenters. The lowest BCUT2D eigenvalue weighted by Crippen LogP contribution is -2.45. The minimum absolute atomic E-state index is 0.419. The number of hydrogen-bond donors (Lipinski definition) is 1. The molecule has 0 bridgehead atoms. The van der Waals surface area contributed by atoms with Gasteiger partial charge in [-0.2, -0.15) is 0 Å². The van der Waals surface area contributed by atoms with E-state index in [4.69, 9.17) is 4.74 Å². The lowest BCUT2D eigenvalue weighted by atomic mass is 9.71. The van der Waals surface area contributed by atoms with Crippen molar-refractivity contribution in [3.8, 4) is 0 Å². The molecule has 0 spiro atoms. The second-order valence-corrected chi connectivity index (χ2v) is 6.76. The van der Waals surface area contributed by atoms with Crippen LogP contribution in [-0.4, -0.2) is 18.4 Å². The summed E-state index contributed by atoms with van der Waals surface area (Å²) in [5.41, 5.74) is 0. The normalized spacial score (nSPS) is 53.6. The van der Waals surface area contributed by atoms with Gasteiger partial charge in [-0.3, -0.25) is 0 Å². The predicted molar refractivity (Wildman–Crippen MR) is 67.6 cm³/mol. The van der Waals surface area contributed by atoms with Gasteiger partial charge in [0.15, 0.2) is 0 Å². The smallest absolute Gasteiger partial charge is 0.240 e. The summed E-state index contributed by atoms with van der Waals surface area (Å²) in [6, 6.07) is 0.791. The van der Waals surface area contributed by atoms with Crippen LogP contribution >= 0.6 is 0 Å². The molecule has 2 saturated heterocycles. The van der Waals surface area contributed by atoms with Crippen molar-refractivity contribution in [3.05, 3.63) is 0 Å². The van der Waals surface area contributed by atoms with Crippen LogP contribution in [0.3, 0.4) is 0 Å². The van der Waals surface area contributed by atoms with Crippen molar-refractivity contribution in [1.82, 2.24) is 5.32 Å². The van der Waals surface area contributed by atoms with Gasteiger partial charge in [-0.05, 0) is 38.0 Å². The number of ether oxygens (including phenoxy) is 1. The molecule has 4 rings (SSSR count). The van der Waals surface area contributed by atoms with Crippen LogP contribution in [0.15, 0.2) is 0 Å². The average molecular weight is 235 g/mol. The maximum Gasteiger partial charge on any atom is 0.288 e. The molecule has 1 N–H and O–H groups in total. The molecule has 6 atom stereocenters. The van der Waals surface area contributed by atoms with Crippen LogP contribution in [0, 0.1) is 17.8 Å². The van der Waals surface area contributed by atoms with Crippen LogP contribution in [0.25, 0.3) is 0 Å². The fourth-order valence-electron chi connectivity index (χ4n) is 5.04. The molecule has 2 aliphatic heterocycles. The van der Waals surface area contributed by atoms with Crippen LogP contribution in [0.5, 0.6) is 0 Å². The van der Waals surface area contributed by atoms with Crippen LogP contribution in [0.2, 0.25) is 0 Å². The molecule has 2 nitrogen and oxygen atoms in total. The largest absolute Gasteiger partial charge is 0.288 e. The molecule has 2 heteroatoms. The van der Waals surface area contributed by atoms with E-state index in [-0.39, 0.29) is 0 Å². The van der Waals surface area contributed by atoms with Gasteiger partial charge < -0.3 is 0 Å². The fraction of sp³-hybridized carbons (Fsp3) is 1.00. The van der Waals surface area contributed by atoms with Crippen LogP contribution in [0.1, 0.15) is 57.8 Å². The van der Waals surface area contributed by atoms with E-state index in [1.807, 2.05) is 0 Å². The molecule has 17 heavy (non-hydrogen) atoms. The molecule has 4 fully saturated rings. The molecule has 0 amide bonds. The predicted octanol–water partition coefficient (Wildman–Crippen LogP) is 3.07. The van der Waals surface area contributed by atoms with Crippen molar-refractivity contribution in [2.24, 2.45) is 17.8 Å². The van der Waals surface area contributed by atoms with Gasteiger partial charge in [-0.25, -0.2) is 5.32 Å².